The number of hydrogen-bond donors (Lipinski definition) is 1. The number of amides is 2. The first-order chi connectivity index (χ1) is 19.4. The van der Waals surface area contributed by atoms with Crippen LogP contribution in [0.4, 0.5) is 8.78 Å². The fourth-order valence-electron chi connectivity index (χ4n) is 4.02. The van der Waals surface area contributed by atoms with Gasteiger partial charge in [0.1, 0.15) is 18.9 Å². The lowest BCUT2D eigenvalue weighted by atomic mass is 10.1. The van der Waals surface area contributed by atoms with Crippen molar-refractivity contribution in [3.05, 3.63) is 114 Å². The van der Waals surface area contributed by atoms with E-state index in [2.05, 4.69) is 10.5 Å². The first-order valence-corrected chi connectivity index (χ1v) is 13.5. The molecule has 0 radical (unpaired) electrons. The van der Waals surface area contributed by atoms with Crippen LogP contribution in [0.15, 0.2) is 90.1 Å². The zero-order valence-electron chi connectivity index (χ0n) is 21.9. The van der Waals surface area contributed by atoms with E-state index in [1.807, 2.05) is 6.07 Å². The van der Waals surface area contributed by atoms with E-state index >= 15 is 0 Å². The summed E-state index contributed by atoms with van der Waals surface area (Å²) >= 11 is 1.34. The molecule has 206 valence electrons. The summed E-state index contributed by atoms with van der Waals surface area (Å²) in [4.78, 5) is 36.3. The van der Waals surface area contributed by atoms with Crippen LogP contribution in [0, 0.1) is 11.6 Å². The summed E-state index contributed by atoms with van der Waals surface area (Å²) in [5.41, 5.74) is 5.55. The Bertz CT molecular complexity index is 1470. The van der Waals surface area contributed by atoms with Crippen LogP contribution in [0.25, 0.3) is 11.1 Å². The van der Waals surface area contributed by atoms with Gasteiger partial charge >= 0.3 is 0 Å². The van der Waals surface area contributed by atoms with Crippen LogP contribution in [-0.2, 0) is 22.8 Å². The van der Waals surface area contributed by atoms with Crippen molar-refractivity contribution in [1.82, 2.24) is 15.4 Å². The summed E-state index contributed by atoms with van der Waals surface area (Å²) in [6, 6.07) is 20.0. The van der Waals surface area contributed by atoms with Crippen LogP contribution >= 0.6 is 11.8 Å². The Morgan fingerprint density at radius 2 is 1.68 bits per heavy atom. The van der Waals surface area contributed by atoms with E-state index in [-0.39, 0.29) is 25.6 Å². The van der Waals surface area contributed by atoms with Gasteiger partial charge in [-0.2, -0.15) is 0 Å². The van der Waals surface area contributed by atoms with Gasteiger partial charge in [0.15, 0.2) is 11.6 Å². The third kappa shape index (κ3) is 7.43. The molecule has 0 aliphatic rings. The largest absolute Gasteiger partial charge is 0.489 e. The first kappa shape index (κ1) is 28.7. The standard InChI is InChI=1S/C30H27F2N3O4S/c1-38-34-29(36)18-35(17-20-10-12-33-13-11-20)30(37)23-5-3-4-21(14-23)19-39-24-8-6-22(7-9-24)25-15-26(31)27(32)16-28(25)40-2/h3-16H,17-19H2,1-2H3,(H,34,36). The number of hydroxylamine groups is 1. The minimum absolute atomic E-state index is 0.191. The number of hydrogen-bond acceptors (Lipinski definition) is 6. The van der Waals surface area contributed by atoms with Crippen LogP contribution in [0.3, 0.4) is 0 Å². The lowest BCUT2D eigenvalue weighted by Crippen LogP contribution is -2.40. The van der Waals surface area contributed by atoms with Gasteiger partial charge in [-0.25, -0.2) is 14.3 Å². The van der Waals surface area contributed by atoms with Crippen molar-refractivity contribution in [2.75, 3.05) is 19.9 Å². The lowest BCUT2D eigenvalue weighted by Gasteiger charge is -2.22. The number of carbonyl (C=O) groups excluding carboxylic acids is 2. The number of pyridine rings is 1. The maximum absolute atomic E-state index is 13.9. The highest BCUT2D eigenvalue weighted by Gasteiger charge is 2.20. The molecule has 7 nitrogen and oxygen atoms in total. The van der Waals surface area contributed by atoms with Crippen molar-refractivity contribution in [3.63, 3.8) is 0 Å². The van der Waals surface area contributed by atoms with Gasteiger partial charge in [0, 0.05) is 29.4 Å². The molecule has 10 heteroatoms. The van der Waals surface area contributed by atoms with Crippen molar-refractivity contribution in [2.24, 2.45) is 0 Å². The molecule has 1 N–H and O–H groups in total. The van der Waals surface area contributed by atoms with Crippen LogP contribution in [0.5, 0.6) is 5.75 Å². The molecule has 1 aromatic heterocycles. The van der Waals surface area contributed by atoms with Crippen LogP contribution in [0.1, 0.15) is 21.5 Å². The second kappa shape index (κ2) is 13.7. The molecule has 0 atom stereocenters. The van der Waals surface area contributed by atoms with Crippen LogP contribution < -0.4 is 10.2 Å². The Morgan fingerprint density at radius 3 is 2.38 bits per heavy atom. The summed E-state index contributed by atoms with van der Waals surface area (Å²) in [5, 5.41) is 0. The Morgan fingerprint density at radius 1 is 0.950 bits per heavy atom. The minimum atomic E-state index is -0.902. The van der Waals surface area contributed by atoms with Crippen molar-refractivity contribution in [2.45, 2.75) is 18.0 Å². The van der Waals surface area contributed by atoms with Crippen molar-refractivity contribution in [3.8, 4) is 16.9 Å². The highest BCUT2D eigenvalue weighted by Crippen LogP contribution is 2.33. The molecule has 4 rings (SSSR count). The number of carbonyl (C=O) groups is 2. The number of thioether (sulfide) groups is 1. The quantitative estimate of drug-likeness (QED) is 0.188. The molecule has 0 spiro atoms. The fourth-order valence-corrected chi connectivity index (χ4v) is 4.64. The van der Waals surface area contributed by atoms with E-state index in [4.69, 9.17) is 9.57 Å². The number of rotatable bonds is 11. The smallest absolute Gasteiger partial charge is 0.263 e. The van der Waals surface area contributed by atoms with Gasteiger partial charge in [0.2, 0.25) is 0 Å². The predicted octanol–water partition coefficient (Wildman–Crippen LogP) is 5.65. The Hall–Kier alpha value is -4.28. The number of nitrogens with one attached hydrogen (secondary N) is 1. The molecule has 0 bridgehead atoms. The molecular formula is C30H27F2N3O4S. The van der Waals surface area contributed by atoms with Gasteiger partial charge in [-0.15, -0.1) is 11.8 Å². The fraction of sp³-hybridized carbons (Fsp3) is 0.167. The number of ether oxygens (including phenoxy) is 1. The molecule has 0 unspecified atom stereocenters. The number of aromatic nitrogens is 1. The van der Waals surface area contributed by atoms with E-state index < -0.39 is 17.5 Å². The molecule has 0 aliphatic heterocycles. The normalized spacial score (nSPS) is 10.7. The summed E-state index contributed by atoms with van der Waals surface area (Å²) < 4.78 is 33.4. The van der Waals surface area contributed by atoms with Crippen molar-refractivity contribution in [1.29, 1.82) is 0 Å². The van der Waals surface area contributed by atoms with E-state index in [9.17, 15) is 18.4 Å². The third-order valence-corrected chi connectivity index (χ3v) is 6.73. The van der Waals surface area contributed by atoms with Gasteiger partial charge in [-0.1, -0.05) is 24.3 Å². The molecule has 3 aromatic carbocycles. The molecular weight excluding hydrogens is 536 g/mol. The van der Waals surface area contributed by atoms with E-state index in [0.717, 1.165) is 16.7 Å². The monoisotopic (exact) mass is 563 g/mol. The highest BCUT2D eigenvalue weighted by atomic mass is 32.2. The molecule has 1 heterocycles. The van der Waals surface area contributed by atoms with Gasteiger partial charge in [-0.3, -0.25) is 19.4 Å². The maximum atomic E-state index is 13.9. The lowest BCUT2D eigenvalue weighted by molar-refractivity contribution is -0.132. The van der Waals surface area contributed by atoms with Crippen LogP contribution in [0.2, 0.25) is 0 Å². The zero-order chi connectivity index (χ0) is 28.5. The molecule has 4 aromatic rings. The number of nitrogens with zero attached hydrogens (tertiary/aromatic N) is 2. The van der Waals surface area contributed by atoms with E-state index in [0.29, 0.717) is 21.8 Å². The Balaban J connectivity index is 1.46. The first-order valence-electron chi connectivity index (χ1n) is 12.2. The summed E-state index contributed by atoms with van der Waals surface area (Å²) in [5.74, 6) is -2.00. The third-order valence-electron chi connectivity index (χ3n) is 5.95. The summed E-state index contributed by atoms with van der Waals surface area (Å²) in [6.07, 6.45) is 5.05. The molecule has 0 fully saturated rings. The molecule has 0 saturated heterocycles. The zero-order valence-corrected chi connectivity index (χ0v) is 22.7. The maximum Gasteiger partial charge on any atom is 0.263 e. The Labute approximate surface area is 235 Å². The second-order valence-corrected chi connectivity index (χ2v) is 9.57. The topological polar surface area (TPSA) is 80.8 Å². The number of benzene rings is 3. The van der Waals surface area contributed by atoms with Crippen molar-refractivity contribution >= 4 is 23.6 Å². The highest BCUT2D eigenvalue weighted by molar-refractivity contribution is 7.98. The summed E-state index contributed by atoms with van der Waals surface area (Å²) in [6.45, 7) is 0.205. The SMILES string of the molecule is CONC(=O)CN(Cc1ccncc1)C(=O)c1cccc(COc2ccc(-c3cc(F)c(F)cc3SC)cc2)c1. The minimum Gasteiger partial charge on any atom is -0.489 e. The summed E-state index contributed by atoms with van der Waals surface area (Å²) in [7, 11) is 1.33. The van der Waals surface area contributed by atoms with Crippen molar-refractivity contribution < 1.29 is 27.9 Å². The Kier molecular flexibility index (Phi) is 9.82. The molecule has 40 heavy (non-hydrogen) atoms. The predicted molar refractivity (Wildman–Crippen MR) is 148 cm³/mol. The molecule has 0 saturated carbocycles. The average molecular weight is 564 g/mol. The molecule has 0 aliphatic carbocycles. The van der Waals surface area contributed by atoms with Gasteiger partial charge in [0.05, 0.1) is 7.11 Å². The van der Waals surface area contributed by atoms with Gasteiger partial charge in [-0.05, 0) is 77.0 Å². The van der Waals surface area contributed by atoms with Crippen LogP contribution in [-0.4, -0.2) is 41.6 Å². The number of halogens is 2. The van der Waals surface area contributed by atoms with Gasteiger partial charge in [0.25, 0.3) is 11.8 Å². The average Bonchev–Trinajstić information content (AvgIpc) is 2.97. The second-order valence-electron chi connectivity index (χ2n) is 8.73. The van der Waals surface area contributed by atoms with Gasteiger partial charge < -0.3 is 9.64 Å². The van der Waals surface area contributed by atoms with E-state index in [1.54, 1.807) is 73.2 Å². The molecule has 2 amide bonds. The van der Waals surface area contributed by atoms with E-state index in [1.165, 1.54) is 35.9 Å².